The summed E-state index contributed by atoms with van der Waals surface area (Å²) in [7, 11) is 0. The van der Waals surface area contributed by atoms with E-state index in [-0.39, 0.29) is 17.4 Å². The van der Waals surface area contributed by atoms with E-state index >= 15 is 0 Å². The highest BCUT2D eigenvalue weighted by atomic mass is 32.2. The molecule has 1 aliphatic heterocycles. The Morgan fingerprint density at radius 1 is 1.21 bits per heavy atom. The maximum Gasteiger partial charge on any atom is 0.234 e. The van der Waals surface area contributed by atoms with Gasteiger partial charge >= 0.3 is 0 Å². The van der Waals surface area contributed by atoms with E-state index in [0.717, 1.165) is 46.7 Å². The summed E-state index contributed by atoms with van der Waals surface area (Å²) in [5.41, 5.74) is 5.87. The number of benzene rings is 1. The maximum absolute atomic E-state index is 12.8. The minimum atomic E-state index is -0.542. The number of hydrogen-bond donors (Lipinski definition) is 2. The second-order valence-corrected chi connectivity index (χ2v) is 9.63. The van der Waals surface area contributed by atoms with Gasteiger partial charge in [-0.15, -0.1) is 0 Å². The minimum absolute atomic E-state index is 0.0441. The van der Waals surface area contributed by atoms with Crippen LogP contribution in [0.1, 0.15) is 53.4 Å². The maximum atomic E-state index is 12.8. The number of nitrogens with zero attached hydrogens (tertiary/aromatic N) is 1. The van der Waals surface area contributed by atoms with Crippen LogP contribution in [0.25, 0.3) is 0 Å². The van der Waals surface area contributed by atoms with Crippen molar-refractivity contribution in [1.29, 1.82) is 5.26 Å². The van der Waals surface area contributed by atoms with Gasteiger partial charge in [0.1, 0.15) is 11.5 Å². The first-order chi connectivity index (χ1) is 15.8. The van der Waals surface area contributed by atoms with Crippen LogP contribution in [-0.4, -0.2) is 17.4 Å². The monoisotopic (exact) mass is 461 g/mol. The summed E-state index contributed by atoms with van der Waals surface area (Å²) >= 11 is 1.28. The zero-order valence-corrected chi connectivity index (χ0v) is 20.1. The number of rotatable bonds is 5. The molecular formula is C26H27N3O3S. The normalized spacial score (nSPS) is 18.0. The number of carbonyl (C=O) groups is 2. The first-order valence-corrected chi connectivity index (χ1v) is 12.0. The van der Waals surface area contributed by atoms with E-state index < -0.39 is 5.92 Å². The molecule has 33 heavy (non-hydrogen) atoms. The predicted octanol–water partition coefficient (Wildman–Crippen LogP) is 5.31. The van der Waals surface area contributed by atoms with Gasteiger partial charge in [-0.25, -0.2) is 0 Å². The molecule has 1 atom stereocenters. The molecular weight excluding hydrogens is 434 g/mol. The van der Waals surface area contributed by atoms with Crippen LogP contribution >= 0.6 is 11.8 Å². The van der Waals surface area contributed by atoms with Crippen molar-refractivity contribution in [3.63, 3.8) is 0 Å². The van der Waals surface area contributed by atoms with Gasteiger partial charge in [-0.2, -0.15) is 5.26 Å². The highest BCUT2D eigenvalue weighted by Crippen LogP contribution is 2.44. The number of nitrogens with one attached hydrogen (secondary N) is 2. The second-order valence-electron chi connectivity index (χ2n) is 8.64. The molecule has 0 radical (unpaired) electrons. The summed E-state index contributed by atoms with van der Waals surface area (Å²) in [5, 5.41) is 17.0. The van der Waals surface area contributed by atoms with Crippen LogP contribution in [0, 0.1) is 39.0 Å². The molecule has 7 heteroatoms. The average molecular weight is 462 g/mol. The van der Waals surface area contributed by atoms with Gasteiger partial charge in [-0.3, -0.25) is 9.59 Å². The third-order valence-electron chi connectivity index (χ3n) is 6.00. The Morgan fingerprint density at radius 2 is 1.94 bits per heavy atom. The summed E-state index contributed by atoms with van der Waals surface area (Å²) in [6, 6.07) is 10.0. The number of carbonyl (C=O) groups excluding carboxylic acids is 2. The largest absolute Gasteiger partial charge is 0.465 e. The Hall–Kier alpha value is -3.24. The summed E-state index contributed by atoms with van der Waals surface area (Å²) < 4.78 is 5.85. The van der Waals surface area contributed by atoms with Crippen LogP contribution in [-0.2, 0) is 9.59 Å². The lowest BCUT2D eigenvalue weighted by atomic mass is 9.79. The number of nitriles is 1. The number of Topliss-reactive ketones (excluding diaryl/α,β-unsaturated/α-hetero) is 1. The van der Waals surface area contributed by atoms with E-state index in [1.54, 1.807) is 0 Å². The summed E-state index contributed by atoms with van der Waals surface area (Å²) in [5.74, 6) is 0.806. The standard InChI is InChI=1S/C26H27N3O3S/c1-14-10-15(2)25(16(3)11-14)29-22(31)13-33-26-18(12-27)23(21-9-8-17(4)32-21)24-19(28-26)6-5-7-20(24)30/h8-11,23,28H,5-7,13H2,1-4H3,(H,29,31). The van der Waals surface area contributed by atoms with Crippen molar-refractivity contribution in [2.75, 3.05) is 11.1 Å². The molecule has 2 aliphatic rings. The predicted molar refractivity (Wildman–Crippen MR) is 130 cm³/mol. The van der Waals surface area contributed by atoms with Crippen LogP contribution in [0.15, 0.2) is 50.6 Å². The van der Waals surface area contributed by atoms with E-state index in [4.69, 9.17) is 4.42 Å². The van der Waals surface area contributed by atoms with E-state index in [2.05, 4.69) is 16.7 Å². The second kappa shape index (κ2) is 9.32. The van der Waals surface area contributed by atoms with Crippen molar-refractivity contribution in [2.45, 2.75) is 52.9 Å². The fraction of sp³-hybridized carbons (Fsp3) is 0.346. The van der Waals surface area contributed by atoms with Crippen LogP contribution < -0.4 is 10.6 Å². The van der Waals surface area contributed by atoms with E-state index in [1.807, 2.05) is 52.0 Å². The molecule has 2 N–H and O–H groups in total. The topological polar surface area (TPSA) is 95.1 Å². The Kier molecular flexibility index (Phi) is 6.48. The highest BCUT2D eigenvalue weighted by molar-refractivity contribution is 8.03. The third-order valence-corrected chi connectivity index (χ3v) is 7.01. The summed E-state index contributed by atoms with van der Waals surface area (Å²) in [4.78, 5) is 25.6. The Balaban J connectivity index is 1.60. The molecule has 6 nitrogen and oxygen atoms in total. The fourth-order valence-corrected chi connectivity index (χ4v) is 5.48. The number of amides is 1. The molecule has 4 rings (SSSR count). The summed E-state index contributed by atoms with van der Waals surface area (Å²) in [6.45, 7) is 7.83. The van der Waals surface area contributed by atoms with Crippen molar-refractivity contribution >= 4 is 29.1 Å². The molecule has 2 heterocycles. The zero-order chi connectivity index (χ0) is 23.7. The molecule has 0 bridgehead atoms. The lowest BCUT2D eigenvalue weighted by Crippen LogP contribution is -2.31. The number of anilines is 1. The Morgan fingerprint density at radius 3 is 2.58 bits per heavy atom. The number of aryl methyl sites for hydroxylation is 4. The molecule has 1 unspecified atom stereocenters. The van der Waals surface area contributed by atoms with Gasteiger partial charge in [0.15, 0.2) is 5.78 Å². The van der Waals surface area contributed by atoms with Crippen molar-refractivity contribution in [1.82, 2.24) is 5.32 Å². The number of hydrogen-bond acceptors (Lipinski definition) is 6. The zero-order valence-electron chi connectivity index (χ0n) is 19.3. The Labute approximate surface area is 198 Å². The molecule has 1 amide bonds. The summed E-state index contributed by atoms with van der Waals surface area (Å²) in [6.07, 6.45) is 1.96. The van der Waals surface area contributed by atoms with Crippen molar-refractivity contribution in [3.8, 4) is 6.07 Å². The number of allylic oxidation sites excluding steroid dienone is 3. The molecule has 1 aliphatic carbocycles. The van der Waals surface area contributed by atoms with Crippen LogP contribution in [0.4, 0.5) is 5.69 Å². The van der Waals surface area contributed by atoms with Crippen LogP contribution in [0.3, 0.4) is 0 Å². The molecule has 0 fully saturated rings. The highest BCUT2D eigenvalue weighted by Gasteiger charge is 2.38. The number of furan rings is 1. The lowest BCUT2D eigenvalue weighted by Gasteiger charge is -2.32. The molecule has 170 valence electrons. The van der Waals surface area contributed by atoms with E-state index in [1.165, 1.54) is 11.8 Å². The molecule has 0 spiro atoms. The van der Waals surface area contributed by atoms with Gasteiger partial charge in [0.25, 0.3) is 0 Å². The molecule has 0 saturated carbocycles. The van der Waals surface area contributed by atoms with Crippen molar-refractivity contribution in [3.05, 3.63) is 74.3 Å². The lowest BCUT2D eigenvalue weighted by molar-refractivity contribution is -0.116. The first-order valence-electron chi connectivity index (χ1n) is 11.0. The van der Waals surface area contributed by atoms with Crippen LogP contribution in [0.5, 0.6) is 0 Å². The Bertz CT molecular complexity index is 1220. The van der Waals surface area contributed by atoms with E-state index in [0.29, 0.717) is 28.4 Å². The van der Waals surface area contributed by atoms with Gasteiger partial charge in [-0.05, 0) is 63.8 Å². The number of ketones is 1. The van der Waals surface area contributed by atoms with Gasteiger partial charge in [0, 0.05) is 23.4 Å². The van der Waals surface area contributed by atoms with Crippen LogP contribution in [0.2, 0.25) is 0 Å². The SMILES string of the molecule is Cc1cc(C)c(NC(=O)CSC2=C(C#N)C(c3ccc(C)o3)C3=C(CCCC3=O)N2)c(C)c1. The molecule has 1 aromatic heterocycles. The van der Waals surface area contributed by atoms with Crippen molar-refractivity contribution in [2.24, 2.45) is 0 Å². The quantitative estimate of drug-likeness (QED) is 0.626. The fourth-order valence-electron chi connectivity index (χ4n) is 4.62. The minimum Gasteiger partial charge on any atom is -0.465 e. The smallest absolute Gasteiger partial charge is 0.234 e. The van der Waals surface area contributed by atoms with Crippen molar-refractivity contribution < 1.29 is 14.0 Å². The van der Waals surface area contributed by atoms with Gasteiger partial charge in [-0.1, -0.05) is 29.5 Å². The van der Waals surface area contributed by atoms with Gasteiger partial charge in [0.2, 0.25) is 5.91 Å². The molecule has 1 aromatic carbocycles. The molecule has 2 aromatic rings. The van der Waals surface area contributed by atoms with Gasteiger partial charge < -0.3 is 15.1 Å². The number of dihydropyridines is 1. The van der Waals surface area contributed by atoms with Gasteiger partial charge in [0.05, 0.1) is 28.3 Å². The average Bonchev–Trinajstić information content (AvgIpc) is 3.19. The number of thioether (sulfide) groups is 1. The first kappa shape index (κ1) is 22.9. The third kappa shape index (κ3) is 4.62. The molecule has 0 saturated heterocycles. The van der Waals surface area contributed by atoms with E-state index in [9.17, 15) is 14.9 Å².